The van der Waals surface area contributed by atoms with Crippen molar-refractivity contribution in [2.75, 3.05) is 12.3 Å². The Bertz CT molecular complexity index is 1180. The highest BCUT2D eigenvalue weighted by Crippen LogP contribution is 2.31. The van der Waals surface area contributed by atoms with Gasteiger partial charge in [0.25, 0.3) is 10.0 Å². The van der Waals surface area contributed by atoms with Crippen LogP contribution in [-0.4, -0.2) is 50.9 Å². The van der Waals surface area contributed by atoms with Gasteiger partial charge in [-0.3, -0.25) is 9.48 Å². The molecule has 3 rings (SSSR count). The van der Waals surface area contributed by atoms with Gasteiger partial charge in [-0.05, 0) is 26.0 Å². The molecule has 0 N–H and O–H groups in total. The third-order valence-electron chi connectivity index (χ3n) is 4.03. The molecule has 0 saturated carbocycles. The number of carbonyl (C=O) groups is 1. The van der Waals surface area contributed by atoms with Crippen LogP contribution in [0.1, 0.15) is 12.6 Å². The molecule has 160 valence electrons. The van der Waals surface area contributed by atoms with Gasteiger partial charge in [-0.2, -0.15) is 5.10 Å². The molecule has 0 aliphatic heterocycles. The fourth-order valence-electron chi connectivity index (χ4n) is 2.67. The number of carbonyl (C=O) groups excluding carboxylic acids is 1. The second kappa shape index (κ2) is 9.23. The van der Waals surface area contributed by atoms with Crippen molar-refractivity contribution in [2.24, 2.45) is 7.05 Å². The number of aromatic nitrogens is 4. The van der Waals surface area contributed by atoms with Crippen molar-refractivity contribution in [3.05, 3.63) is 40.1 Å². The smallest absolute Gasteiger partial charge is 0.271 e. The van der Waals surface area contributed by atoms with E-state index in [1.807, 2.05) is 12.1 Å². The predicted octanol–water partition coefficient (Wildman–Crippen LogP) is 3.88. The maximum atomic E-state index is 13.0. The van der Waals surface area contributed by atoms with E-state index in [0.29, 0.717) is 14.4 Å². The van der Waals surface area contributed by atoms with Crippen LogP contribution >= 0.6 is 46.3 Å². The summed E-state index contributed by atoms with van der Waals surface area (Å²) in [4.78, 5) is 12.5. The molecule has 0 spiro atoms. The van der Waals surface area contributed by atoms with Gasteiger partial charge in [0.15, 0.2) is 4.34 Å². The van der Waals surface area contributed by atoms with Gasteiger partial charge >= 0.3 is 0 Å². The maximum absolute atomic E-state index is 13.0. The molecule has 2 heterocycles. The number of hydrogen-bond donors (Lipinski definition) is 0. The van der Waals surface area contributed by atoms with E-state index in [9.17, 15) is 13.2 Å². The molecule has 0 atom stereocenters. The van der Waals surface area contributed by atoms with Crippen LogP contribution in [0, 0.1) is 6.92 Å². The third-order valence-corrected chi connectivity index (χ3v) is 8.97. The molecule has 1 amide bonds. The van der Waals surface area contributed by atoms with Gasteiger partial charge in [0.2, 0.25) is 5.91 Å². The average molecular weight is 506 g/mol. The molecule has 0 bridgehead atoms. The van der Waals surface area contributed by atoms with Crippen LogP contribution in [0.3, 0.4) is 0 Å². The summed E-state index contributed by atoms with van der Waals surface area (Å²) in [7, 11) is -2.59. The van der Waals surface area contributed by atoms with Crippen LogP contribution in [0.15, 0.2) is 33.5 Å². The van der Waals surface area contributed by atoms with E-state index in [1.54, 1.807) is 19.1 Å². The first-order chi connectivity index (χ1) is 14.1. The number of hydrogen-bond acceptors (Lipinski definition) is 8. The molecule has 0 aliphatic rings. The summed E-state index contributed by atoms with van der Waals surface area (Å²) < 4.78 is 28.6. The Morgan fingerprint density at radius 2 is 1.90 bits per heavy atom. The van der Waals surface area contributed by atoms with Crippen molar-refractivity contribution in [3.63, 3.8) is 0 Å². The predicted molar refractivity (Wildman–Crippen MR) is 119 cm³/mol. The molecule has 0 unspecified atom stereocenters. The van der Waals surface area contributed by atoms with Crippen LogP contribution in [0.4, 0.5) is 0 Å². The lowest BCUT2D eigenvalue weighted by Gasteiger charge is -2.20. The summed E-state index contributed by atoms with van der Waals surface area (Å²) >= 11 is 14.4. The van der Waals surface area contributed by atoms with E-state index in [1.165, 1.54) is 30.0 Å². The number of thioether (sulfide) groups is 1. The van der Waals surface area contributed by atoms with E-state index >= 15 is 0 Å². The monoisotopic (exact) mass is 505 g/mol. The maximum Gasteiger partial charge on any atom is 0.271 e. The lowest BCUT2D eigenvalue weighted by molar-refractivity contribution is -0.123. The Labute approximate surface area is 192 Å². The molecular formula is C17H17Cl2N5O3S3. The minimum absolute atomic E-state index is 0.0292. The molecule has 3 aromatic rings. The topological polar surface area (TPSA) is 98.1 Å². The summed E-state index contributed by atoms with van der Waals surface area (Å²) in [6, 6.07) is 7.16. The zero-order valence-electron chi connectivity index (χ0n) is 16.2. The molecule has 30 heavy (non-hydrogen) atoms. The fraction of sp³-hybridized carbons (Fsp3) is 0.294. The third kappa shape index (κ3) is 4.65. The Balaban J connectivity index is 1.74. The first kappa shape index (κ1) is 23.0. The molecule has 0 fully saturated rings. The highest BCUT2D eigenvalue weighted by molar-refractivity contribution is 8.01. The summed E-state index contributed by atoms with van der Waals surface area (Å²) in [6.07, 6.45) is 0. The molecule has 8 nitrogen and oxygen atoms in total. The molecule has 2 aromatic heterocycles. The van der Waals surface area contributed by atoms with Gasteiger partial charge in [0.05, 0.1) is 11.4 Å². The first-order valence-electron chi connectivity index (χ1n) is 8.62. The van der Waals surface area contributed by atoms with Crippen molar-refractivity contribution in [1.29, 1.82) is 0 Å². The SMILES string of the molecule is CCN(C(=O)CSc1nnc(-c2ccc(Cl)cc2)s1)S(=O)(=O)c1c(C)nn(C)c1Cl. The number of benzene rings is 1. The van der Waals surface area contributed by atoms with E-state index in [2.05, 4.69) is 15.3 Å². The number of halogens is 2. The standard InChI is InChI=1S/C17H17Cl2N5O3S3/c1-4-24(30(26,27)14-10(2)22-23(3)15(14)19)13(25)9-28-17-21-20-16(29-17)11-5-7-12(18)8-6-11/h5-8H,4,9H2,1-3H3. The lowest BCUT2D eigenvalue weighted by Crippen LogP contribution is -2.38. The van der Waals surface area contributed by atoms with Gasteiger partial charge < -0.3 is 0 Å². The molecule has 0 saturated heterocycles. The van der Waals surface area contributed by atoms with Crippen molar-refractivity contribution >= 4 is 62.2 Å². The summed E-state index contributed by atoms with van der Waals surface area (Å²) in [5.41, 5.74) is 1.09. The van der Waals surface area contributed by atoms with Crippen LogP contribution in [0.2, 0.25) is 10.2 Å². The highest BCUT2D eigenvalue weighted by atomic mass is 35.5. The number of aryl methyl sites for hydroxylation is 2. The zero-order chi connectivity index (χ0) is 22.1. The summed E-state index contributed by atoms with van der Waals surface area (Å²) in [5, 5.41) is 13.5. The van der Waals surface area contributed by atoms with Gasteiger partial charge in [-0.1, -0.05) is 58.4 Å². The second-order valence-corrected chi connectivity index (χ2v) is 10.9. The number of nitrogens with zero attached hydrogens (tertiary/aromatic N) is 5. The van der Waals surface area contributed by atoms with Crippen LogP contribution in [0.5, 0.6) is 0 Å². The molecular weight excluding hydrogens is 489 g/mol. The molecule has 0 radical (unpaired) electrons. The minimum atomic E-state index is -4.13. The number of amides is 1. The molecule has 1 aromatic carbocycles. The minimum Gasteiger partial charge on any atom is -0.273 e. The normalized spacial score (nSPS) is 11.6. The quantitative estimate of drug-likeness (QED) is 0.449. The lowest BCUT2D eigenvalue weighted by atomic mass is 10.2. The Hall–Kier alpha value is -1.66. The van der Waals surface area contributed by atoms with Crippen molar-refractivity contribution in [2.45, 2.75) is 23.1 Å². The van der Waals surface area contributed by atoms with Crippen molar-refractivity contribution in [3.8, 4) is 10.6 Å². The van der Waals surface area contributed by atoms with Crippen LogP contribution in [0.25, 0.3) is 10.6 Å². The Kier molecular flexibility index (Phi) is 7.08. The van der Waals surface area contributed by atoms with E-state index in [-0.39, 0.29) is 28.0 Å². The van der Waals surface area contributed by atoms with Gasteiger partial charge in [-0.25, -0.2) is 12.7 Å². The van der Waals surface area contributed by atoms with Gasteiger partial charge in [0.1, 0.15) is 15.1 Å². The second-order valence-electron chi connectivity index (χ2n) is 6.06. The molecule has 13 heteroatoms. The Morgan fingerprint density at radius 1 is 1.23 bits per heavy atom. The number of rotatable bonds is 7. The first-order valence-corrected chi connectivity index (χ1v) is 12.6. The van der Waals surface area contributed by atoms with Gasteiger partial charge in [0, 0.05) is 24.2 Å². The van der Waals surface area contributed by atoms with E-state index < -0.39 is 15.9 Å². The van der Waals surface area contributed by atoms with Crippen molar-refractivity contribution < 1.29 is 13.2 Å². The average Bonchev–Trinajstić information content (AvgIpc) is 3.25. The van der Waals surface area contributed by atoms with E-state index in [4.69, 9.17) is 23.2 Å². The van der Waals surface area contributed by atoms with Crippen molar-refractivity contribution in [1.82, 2.24) is 24.3 Å². The summed E-state index contributed by atoms with van der Waals surface area (Å²) in [6.45, 7) is 3.09. The van der Waals surface area contributed by atoms with Gasteiger partial charge in [-0.15, -0.1) is 10.2 Å². The van der Waals surface area contributed by atoms with E-state index in [0.717, 1.165) is 21.6 Å². The molecule has 0 aliphatic carbocycles. The zero-order valence-corrected chi connectivity index (χ0v) is 20.1. The van der Waals surface area contributed by atoms with Crippen LogP contribution in [-0.2, 0) is 21.9 Å². The Morgan fingerprint density at radius 3 is 2.47 bits per heavy atom. The van der Waals surface area contributed by atoms with Crippen LogP contribution < -0.4 is 0 Å². The highest BCUT2D eigenvalue weighted by Gasteiger charge is 2.33. The number of sulfonamides is 1. The largest absolute Gasteiger partial charge is 0.273 e. The summed E-state index contributed by atoms with van der Waals surface area (Å²) in [5.74, 6) is -0.691. The fourth-order valence-corrected chi connectivity index (χ4v) is 6.73.